The summed E-state index contributed by atoms with van der Waals surface area (Å²) in [6.07, 6.45) is 2.74. The Labute approximate surface area is 122 Å². The summed E-state index contributed by atoms with van der Waals surface area (Å²) in [6.45, 7) is 0.226. The van der Waals surface area contributed by atoms with Gasteiger partial charge in [0.15, 0.2) is 0 Å². The molecule has 0 aromatic heterocycles. The van der Waals surface area contributed by atoms with Crippen LogP contribution in [0.1, 0.15) is 25.7 Å². The Morgan fingerprint density at radius 1 is 1.43 bits per heavy atom. The Bertz CT molecular complexity index is 503. The lowest BCUT2D eigenvalue weighted by Crippen LogP contribution is -2.53. The van der Waals surface area contributed by atoms with E-state index in [-0.39, 0.29) is 18.3 Å². The van der Waals surface area contributed by atoms with Gasteiger partial charge in [-0.15, -0.1) is 0 Å². The third-order valence-corrected chi connectivity index (χ3v) is 4.22. The number of likely N-dealkylation sites (N-methyl/N-ethyl adjacent to an activating group) is 1. The van der Waals surface area contributed by atoms with Crippen molar-refractivity contribution in [3.05, 3.63) is 29.8 Å². The van der Waals surface area contributed by atoms with Crippen LogP contribution in [0.2, 0.25) is 0 Å². The molecule has 1 aromatic rings. The molecule has 4 nitrogen and oxygen atoms in total. The van der Waals surface area contributed by atoms with E-state index in [4.69, 9.17) is 4.74 Å². The van der Waals surface area contributed by atoms with Gasteiger partial charge in [0.25, 0.3) is 0 Å². The molecule has 2 rings (SSSR count). The number of rotatable bonds is 6. The van der Waals surface area contributed by atoms with Crippen molar-refractivity contribution >= 4 is 5.97 Å². The van der Waals surface area contributed by atoms with E-state index in [9.17, 15) is 18.7 Å². The van der Waals surface area contributed by atoms with Crippen LogP contribution < -0.4 is 10.1 Å². The van der Waals surface area contributed by atoms with Crippen LogP contribution in [0.25, 0.3) is 0 Å². The highest BCUT2D eigenvalue weighted by atomic mass is 19.1. The van der Waals surface area contributed by atoms with Crippen molar-refractivity contribution in [2.45, 2.75) is 31.2 Å². The second kappa shape index (κ2) is 6.39. The number of carbonyl (C=O) groups is 1. The van der Waals surface area contributed by atoms with E-state index >= 15 is 0 Å². The van der Waals surface area contributed by atoms with Crippen LogP contribution in [0.3, 0.4) is 0 Å². The van der Waals surface area contributed by atoms with Gasteiger partial charge in [0.05, 0.1) is 6.61 Å². The van der Waals surface area contributed by atoms with Gasteiger partial charge in [0.2, 0.25) is 0 Å². The molecule has 21 heavy (non-hydrogen) atoms. The van der Waals surface area contributed by atoms with Gasteiger partial charge < -0.3 is 15.2 Å². The van der Waals surface area contributed by atoms with Crippen LogP contribution >= 0.6 is 0 Å². The van der Waals surface area contributed by atoms with Gasteiger partial charge in [-0.1, -0.05) is 6.42 Å². The third kappa shape index (κ3) is 3.32. The molecule has 6 heteroatoms. The third-order valence-electron chi connectivity index (χ3n) is 4.22. The summed E-state index contributed by atoms with van der Waals surface area (Å²) in [4.78, 5) is 11.5. The summed E-state index contributed by atoms with van der Waals surface area (Å²) in [6, 6.07) is 3.00. The lowest BCUT2D eigenvalue weighted by molar-refractivity contribution is -0.146. The zero-order valence-corrected chi connectivity index (χ0v) is 11.9. The molecule has 2 N–H and O–H groups in total. The molecule has 1 aromatic carbocycles. The van der Waals surface area contributed by atoms with Crippen molar-refractivity contribution < 1.29 is 23.4 Å². The fraction of sp³-hybridized carbons (Fsp3) is 0.533. The summed E-state index contributed by atoms with van der Waals surface area (Å²) in [5, 5.41) is 12.3. The topological polar surface area (TPSA) is 58.6 Å². The fourth-order valence-electron chi connectivity index (χ4n) is 3.12. The molecule has 0 radical (unpaired) electrons. The maximum atomic E-state index is 13.0. The number of ether oxygens (including phenoxy) is 1. The highest BCUT2D eigenvalue weighted by Gasteiger charge is 2.47. The minimum absolute atomic E-state index is 0.0570. The summed E-state index contributed by atoms with van der Waals surface area (Å²) in [7, 11) is 1.65. The first-order chi connectivity index (χ1) is 9.98. The predicted molar refractivity (Wildman–Crippen MR) is 73.2 cm³/mol. The molecule has 1 saturated carbocycles. The number of carboxylic acid groups (broad SMARTS) is 1. The van der Waals surface area contributed by atoms with Crippen molar-refractivity contribution in [1.29, 1.82) is 0 Å². The van der Waals surface area contributed by atoms with Crippen molar-refractivity contribution in [2.24, 2.45) is 5.92 Å². The van der Waals surface area contributed by atoms with Crippen LogP contribution in [0, 0.1) is 17.6 Å². The molecule has 1 fully saturated rings. The van der Waals surface area contributed by atoms with Gasteiger partial charge in [-0.25, -0.2) is 8.78 Å². The SMILES string of the molecule is CNC1(C(=O)O)CCCC1CCOc1cc(F)cc(F)c1. The zero-order valence-electron chi connectivity index (χ0n) is 11.9. The number of hydrogen-bond donors (Lipinski definition) is 2. The van der Waals surface area contributed by atoms with Crippen molar-refractivity contribution in [2.75, 3.05) is 13.7 Å². The monoisotopic (exact) mass is 299 g/mol. The van der Waals surface area contributed by atoms with E-state index in [0.29, 0.717) is 12.8 Å². The summed E-state index contributed by atoms with van der Waals surface area (Å²) >= 11 is 0. The normalized spacial score (nSPS) is 25.0. The Hall–Kier alpha value is -1.69. The maximum absolute atomic E-state index is 13.0. The lowest BCUT2D eigenvalue weighted by atomic mass is 9.85. The standard InChI is InChI=1S/C15H19F2NO3/c1-18-15(14(19)20)5-2-3-10(15)4-6-21-13-8-11(16)7-12(17)9-13/h7-10,18H,2-6H2,1H3,(H,19,20). The first kappa shape index (κ1) is 15.7. The van der Waals surface area contributed by atoms with Gasteiger partial charge >= 0.3 is 5.97 Å². The van der Waals surface area contributed by atoms with E-state index in [1.54, 1.807) is 7.05 Å². The molecule has 0 amide bonds. The van der Waals surface area contributed by atoms with Gasteiger partial charge in [-0.3, -0.25) is 4.79 Å². The second-order valence-electron chi connectivity index (χ2n) is 5.36. The number of aliphatic carboxylic acids is 1. The van der Waals surface area contributed by atoms with Gasteiger partial charge in [-0.05, 0) is 32.2 Å². The summed E-state index contributed by atoms with van der Waals surface area (Å²) < 4.78 is 31.4. The minimum atomic E-state index is -0.920. The zero-order chi connectivity index (χ0) is 15.5. The van der Waals surface area contributed by atoms with Crippen LogP contribution in [0.15, 0.2) is 18.2 Å². The van der Waals surface area contributed by atoms with Crippen molar-refractivity contribution in [1.82, 2.24) is 5.32 Å². The Balaban J connectivity index is 1.95. The van der Waals surface area contributed by atoms with Gasteiger partial charge in [0.1, 0.15) is 22.9 Å². The molecule has 0 spiro atoms. The van der Waals surface area contributed by atoms with Gasteiger partial charge in [-0.2, -0.15) is 0 Å². The highest BCUT2D eigenvalue weighted by Crippen LogP contribution is 2.38. The highest BCUT2D eigenvalue weighted by molar-refractivity contribution is 5.79. The van der Waals surface area contributed by atoms with Crippen molar-refractivity contribution in [3.63, 3.8) is 0 Å². The molecule has 0 saturated heterocycles. The number of carboxylic acids is 1. The Kier molecular flexibility index (Phi) is 4.77. The fourth-order valence-corrected chi connectivity index (χ4v) is 3.12. The second-order valence-corrected chi connectivity index (χ2v) is 5.36. The molecule has 0 aliphatic heterocycles. The number of halogens is 2. The number of nitrogens with one attached hydrogen (secondary N) is 1. The first-order valence-electron chi connectivity index (χ1n) is 6.99. The molecular weight excluding hydrogens is 280 g/mol. The van der Waals surface area contributed by atoms with E-state index in [1.807, 2.05) is 0 Å². The van der Waals surface area contributed by atoms with E-state index in [2.05, 4.69) is 5.32 Å². The van der Waals surface area contributed by atoms with Crippen LogP contribution in [0.5, 0.6) is 5.75 Å². The van der Waals surface area contributed by atoms with E-state index in [0.717, 1.165) is 31.0 Å². The maximum Gasteiger partial charge on any atom is 0.324 e. The largest absolute Gasteiger partial charge is 0.493 e. The average molecular weight is 299 g/mol. The lowest BCUT2D eigenvalue weighted by Gasteiger charge is -2.30. The Morgan fingerprint density at radius 2 is 2.10 bits per heavy atom. The quantitative estimate of drug-likeness (QED) is 0.847. The molecule has 2 atom stereocenters. The number of benzene rings is 1. The smallest absolute Gasteiger partial charge is 0.324 e. The van der Waals surface area contributed by atoms with Crippen LogP contribution in [-0.4, -0.2) is 30.3 Å². The van der Waals surface area contributed by atoms with Crippen LogP contribution in [-0.2, 0) is 4.79 Å². The number of hydrogen-bond acceptors (Lipinski definition) is 3. The molecule has 0 heterocycles. The minimum Gasteiger partial charge on any atom is -0.493 e. The Morgan fingerprint density at radius 3 is 2.67 bits per heavy atom. The first-order valence-corrected chi connectivity index (χ1v) is 6.99. The molecule has 0 bridgehead atoms. The van der Waals surface area contributed by atoms with Gasteiger partial charge in [0, 0.05) is 18.2 Å². The van der Waals surface area contributed by atoms with Crippen LogP contribution in [0.4, 0.5) is 8.78 Å². The van der Waals surface area contributed by atoms with E-state index < -0.39 is 23.1 Å². The summed E-state index contributed by atoms with van der Waals surface area (Å²) in [5.41, 5.74) is -0.920. The molecular formula is C15H19F2NO3. The molecule has 1 aliphatic carbocycles. The van der Waals surface area contributed by atoms with Crippen molar-refractivity contribution in [3.8, 4) is 5.75 Å². The molecule has 2 unspecified atom stereocenters. The summed E-state index contributed by atoms with van der Waals surface area (Å²) in [5.74, 6) is -2.18. The molecule has 1 aliphatic rings. The molecule has 116 valence electrons. The predicted octanol–water partition coefficient (Wildman–Crippen LogP) is 2.58. The van der Waals surface area contributed by atoms with E-state index in [1.165, 1.54) is 0 Å². The average Bonchev–Trinajstić information content (AvgIpc) is 2.82.